The van der Waals surface area contributed by atoms with E-state index in [9.17, 15) is 18.0 Å². The summed E-state index contributed by atoms with van der Waals surface area (Å²) in [5, 5.41) is 17.1. The van der Waals surface area contributed by atoms with E-state index >= 15 is 0 Å². The van der Waals surface area contributed by atoms with Gasteiger partial charge in [-0.05, 0) is 6.42 Å². The predicted octanol–water partition coefficient (Wildman–Crippen LogP) is -0.166. The molecule has 8 heteroatoms. The maximum Gasteiger partial charge on any atom is 0.307 e. The summed E-state index contributed by atoms with van der Waals surface area (Å²) < 4.78 is 23.7. The molecule has 0 aromatic heterocycles. The Labute approximate surface area is 100 Å². The summed E-state index contributed by atoms with van der Waals surface area (Å²) >= 11 is 0. The second kappa shape index (κ2) is 6.55. The average Bonchev–Trinajstić information content (AvgIpc) is 2.13. The van der Waals surface area contributed by atoms with Crippen molar-refractivity contribution in [3.8, 4) is 0 Å². The lowest BCUT2D eigenvalue weighted by Crippen LogP contribution is -2.37. The molecule has 0 saturated carbocycles. The van der Waals surface area contributed by atoms with Crippen LogP contribution in [-0.2, 0) is 19.6 Å². The lowest BCUT2D eigenvalue weighted by atomic mass is 10.2. The SMILES string of the molecule is CC(CN(CCCC(=O)O)S(C)(=O)=O)C(=O)O. The minimum Gasteiger partial charge on any atom is -0.481 e. The summed E-state index contributed by atoms with van der Waals surface area (Å²) in [5.41, 5.74) is 0. The van der Waals surface area contributed by atoms with Gasteiger partial charge < -0.3 is 10.2 Å². The number of carboxylic acid groups (broad SMARTS) is 2. The van der Waals surface area contributed by atoms with Crippen LogP contribution in [0, 0.1) is 5.92 Å². The van der Waals surface area contributed by atoms with Gasteiger partial charge in [-0.25, -0.2) is 12.7 Å². The smallest absolute Gasteiger partial charge is 0.307 e. The topological polar surface area (TPSA) is 112 Å². The first-order valence-corrected chi connectivity index (χ1v) is 6.89. The second-order valence-electron chi connectivity index (χ2n) is 3.86. The zero-order valence-corrected chi connectivity index (χ0v) is 10.6. The molecular formula is C9H17NO6S. The fourth-order valence-corrected chi connectivity index (χ4v) is 2.14. The van der Waals surface area contributed by atoms with Gasteiger partial charge in [0.1, 0.15) is 0 Å². The summed E-state index contributed by atoms with van der Waals surface area (Å²) in [4.78, 5) is 20.9. The van der Waals surface area contributed by atoms with E-state index in [2.05, 4.69) is 0 Å². The molecule has 7 nitrogen and oxygen atoms in total. The van der Waals surface area contributed by atoms with Gasteiger partial charge in [0.15, 0.2) is 0 Å². The first-order valence-electron chi connectivity index (χ1n) is 5.04. The molecule has 0 aromatic rings. The van der Waals surface area contributed by atoms with Gasteiger partial charge in [-0.3, -0.25) is 9.59 Å². The number of carbonyl (C=O) groups is 2. The number of nitrogens with zero attached hydrogens (tertiary/aromatic N) is 1. The van der Waals surface area contributed by atoms with E-state index in [-0.39, 0.29) is 25.9 Å². The second-order valence-corrected chi connectivity index (χ2v) is 5.84. The summed E-state index contributed by atoms with van der Waals surface area (Å²) in [6.07, 6.45) is 0.991. The number of rotatable bonds is 8. The molecule has 0 aliphatic rings. The fourth-order valence-electron chi connectivity index (χ4n) is 1.18. The molecule has 0 aromatic carbocycles. The molecule has 0 aliphatic carbocycles. The van der Waals surface area contributed by atoms with Crippen molar-refractivity contribution in [3.63, 3.8) is 0 Å². The largest absolute Gasteiger partial charge is 0.481 e. The van der Waals surface area contributed by atoms with Gasteiger partial charge in [0.2, 0.25) is 10.0 Å². The number of hydrogen-bond acceptors (Lipinski definition) is 4. The average molecular weight is 267 g/mol. The van der Waals surface area contributed by atoms with Crippen LogP contribution < -0.4 is 0 Å². The van der Waals surface area contributed by atoms with Crippen molar-refractivity contribution in [2.75, 3.05) is 19.3 Å². The van der Waals surface area contributed by atoms with Crippen molar-refractivity contribution in [2.24, 2.45) is 5.92 Å². The van der Waals surface area contributed by atoms with Gasteiger partial charge in [-0.1, -0.05) is 6.92 Å². The molecule has 1 unspecified atom stereocenters. The summed E-state index contributed by atoms with van der Waals surface area (Å²) in [7, 11) is -3.51. The molecule has 0 rings (SSSR count). The molecule has 1 atom stereocenters. The first kappa shape index (κ1) is 15.9. The molecule has 0 spiro atoms. The molecule has 0 bridgehead atoms. The predicted molar refractivity (Wildman–Crippen MR) is 60.1 cm³/mol. The molecule has 0 heterocycles. The lowest BCUT2D eigenvalue weighted by Gasteiger charge is -2.21. The standard InChI is InChI=1S/C9H17NO6S/c1-7(9(13)14)6-10(17(2,15)16)5-3-4-8(11)12/h7H,3-6H2,1-2H3,(H,11,12)(H,13,14). The highest BCUT2D eigenvalue weighted by Crippen LogP contribution is 2.07. The number of carboxylic acids is 2. The molecule has 0 amide bonds. The Hall–Kier alpha value is -1.15. The van der Waals surface area contributed by atoms with Crippen LogP contribution in [-0.4, -0.2) is 54.2 Å². The summed E-state index contributed by atoms with van der Waals surface area (Å²) in [6.45, 7) is 1.27. The van der Waals surface area contributed by atoms with E-state index in [1.807, 2.05) is 0 Å². The third-order valence-electron chi connectivity index (χ3n) is 2.17. The zero-order chi connectivity index (χ0) is 13.6. The fraction of sp³-hybridized carbons (Fsp3) is 0.778. The van der Waals surface area contributed by atoms with E-state index < -0.39 is 27.9 Å². The van der Waals surface area contributed by atoms with Crippen molar-refractivity contribution in [3.05, 3.63) is 0 Å². The van der Waals surface area contributed by atoms with Crippen LogP contribution in [0.5, 0.6) is 0 Å². The van der Waals surface area contributed by atoms with E-state index in [0.29, 0.717) is 0 Å². The van der Waals surface area contributed by atoms with Crippen LogP contribution in [0.4, 0.5) is 0 Å². The van der Waals surface area contributed by atoms with Crippen LogP contribution in [0.15, 0.2) is 0 Å². The van der Waals surface area contributed by atoms with E-state index in [0.717, 1.165) is 10.6 Å². The minimum atomic E-state index is -3.51. The Morgan fingerprint density at radius 2 is 1.82 bits per heavy atom. The van der Waals surface area contributed by atoms with Crippen LogP contribution in [0.1, 0.15) is 19.8 Å². The van der Waals surface area contributed by atoms with Gasteiger partial charge in [-0.15, -0.1) is 0 Å². The van der Waals surface area contributed by atoms with Crippen molar-refractivity contribution >= 4 is 22.0 Å². The van der Waals surface area contributed by atoms with Crippen LogP contribution in [0.3, 0.4) is 0 Å². The van der Waals surface area contributed by atoms with Crippen molar-refractivity contribution in [1.82, 2.24) is 4.31 Å². The van der Waals surface area contributed by atoms with Gasteiger partial charge in [-0.2, -0.15) is 0 Å². The normalized spacial score (nSPS) is 13.6. The van der Waals surface area contributed by atoms with E-state index in [1.54, 1.807) is 0 Å². The number of hydrogen-bond donors (Lipinski definition) is 2. The first-order chi connectivity index (χ1) is 7.64. The lowest BCUT2D eigenvalue weighted by molar-refractivity contribution is -0.141. The maximum absolute atomic E-state index is 11.4. The Morgan fingerprint density at radius 3 is 2.18 bits per heavy atom. The maximum atomic E-state index is 11.4. The Kier molecular flexibility index (Phi) is 6.11. The number of sulfonamides is 1. The van der Waals surface area contributed by atoms with Crippen molar-refractivity contribution in [2.45, 2.75) is 19.8 Å². The summed E-state index contributed by atoms with van der Waals surface area (Å²) in [5.74, 6) is -2.92. The monoisotopic (exact) mass is 267 g/mol. The Morgan fingerprint density at radius 1 is 1.29 bits per heavy atom. The molecule has 2 N–H and O–H groups in total. The highest BCUT2D eigenvalue weighted by atomic mass is 32.2. The van der Waals surface area contributed by atoms with E-state index in [4.69, 9.17) is 10.2 Å². The Bertz CT molecular complexity index is 377. The molecule has 0 saturated heterocycles. The summed E-state index contributed by atoms with van der Waals surface area (Å²) in [6, 6.07) is 0. The molecule has 0 fully saturated rings. The van der Waals surface area contributed by atoms with Crippen molar-refractivity contribution < 1.29 is 28.2 Å². The molecule has 0 radical (unpaired) electrons. The third kappa shape index (κ3) is 6.90. The minimum absolute atomic E-state index is 0.0166. The highest BCUT2D eigenvalue weighted by Gasteiger charge is 2.22. The van der Waals surface area contributed by atoms with Crippen LogP contribution >= 0.6 is 0 Å². The third-order valence-corrected chi connectivity index (χ3v) is 3.44. The van der Waals surface area contributed by atoms with Gasteiger partial charge in [0.05, 0.1) is 12.2 Å². The number of aliphatic carboxylic acids is 2. The van der Waals surface area contributed by atoms with Gasteiger partial charge in [0.25, 0.3) is 0 Å². The van der Waals surface area contributed by atoms with Crippen LogP contribution in [0.25, 0.3) is 0 Å². The molecule has 17 heavy (non-hydrogen) atoms. The Balaban J connectivity index is 4.46. The zero-order valence-electron chi connectivity index (χ0n) is 9.79. The van der Waals surface area contributed by atoms with Crippen molar-refractivity contribution in [1.29, 1.82) is 0 Å². The highest BCUT2D eigenvalue weighted by molar-refractivity contribution is 7.88. The molecular weight excluding hydrogens is 250 g/mol. The quantitative estimate of drug-likeness (QED) is 0.631. The van der Waals surface area contributed by atoms with Gasteiger partial charge in [0, 0.05) is 19.5 Å². The van der Waals surface area contributed by atoms with Gasteiger partial charge >= 0.3 is 11.9 Å². The van der Waals surface area contributed by atoms with Crippen LogP contribution in [0.2, 0.25) is 0 Å². The van der Waals surface area contributed by atoms with E-state index in [1.165, 1.54) is 6.92 Å². The molecule has 100 valence electrons. The molecule has 0 aliphatic heterocycles.